The number of hydrogen-bond acceptors (Lipinski definition) is 2. The molecule has 2 aromatic carbocycles. The van der Waals surface area contributed by atoms with Crippen molar-refractivity contribution in [3.63, 3.8) is 0 Å². The molecule has 0 aromatic heterocycles. The number of aryl methyl sites for hydroxylation is 2. The highest BCUT2D eigenvalue weighted by molar-refractivity contribution is 5.83. The van der Waals surface area contributed by atoms with Crippen molar-refractivity contribution < 1.29 is 4.74 Å². The zero-order chi connectivity index (χ0) is 15.7. The van der Waals surface area contributed by atoms with E-state index in [1.165, 1.54) is 33.4 Å². The molecule has 0 heterocycles. The van der Waals surface area contributed by atoms with Crippen molar-refractivity contribution in [1.29, 1.82) is 0 Å². The van der Waals surface area contributed by atoms with E-state index in [0.29, 0.717) is 6.61 Å². The summed E-state index contributed by atoms with van der Waals surface area (Å²) in [6.07, 6.45) is 0. The Kier molecular flexibility index (Phi) is 4.07. The molecule has 1 aliphatic rings. The van der Waals surface area contributed by atoms with Crippen molar-refractivity contribution in [3.8, 4) is 11.1 Å². The predicted octanol–water partition coefficient (Wildman–Crippen LogP) is 3.83. The van der Waals surface area contributed by atoms with Crippen LogP contribution >= 0.6 is 0 Å². The minimum Gasteiger partial charge on any atom is -0.383 e. The minimum atomic E-state index is -0.0912. The summed E-state index contributed by atoms with van der Waals surface area (Å²) in [6, 6.07) is 13.3. The van der Waals surface area contributed by atoms with Crippen LogP contribution in [0.3, 0.4) is 0 Å². The van der Waals surface area contributed by atoms with Crippen molar-refractivity contribution in [2.75, 3.05) is 26.8 Å². The molecule has 2 nitrogen and oxygen atoms in total. The molecule has 22 heavy (non-hydrogen) atoms. The van der Waals surface area contributed by atoms with Gasteiger partial charge in [0, 0.05) is 13.7 Å². The molecule has 3 rings (SSSR count). The first-order valence-electron chi connectivity index (χ1n) is 8.06. The molecular weight excluding hydrogens is 270 g/mol. The highest BCUT2D eigenvalue weighted by Crippen LogP contribution is 2.51. The second-order valence-electron chi connectivity index (χ2n) is 6.29. The van der Waals surface area contributed by atoms with Gasteiger partial charge in [-0.05, 0) is 53.8 Å². The Morgan fingerprint density at radius 3 is 1.95 bits per heavy atom. The van der Waals surface area contributed by atoms with Crippen LogP contribution in [0, 0.1) is 13.8 Å². The average Bonchev–Trinajstić information content (AvgIpc) is 2.79. The lowest BCUT2D eigenvalue weighted by Crippen LogP contribution is -2.42. The van der Waals surface area contributed by atoms with Crippen LogP contribution < -0.4 is 5.32 Å². The molecule has 0 atom stereocenters. The summed E-state index contributed by atoms with van der Waals surface area (Å²) in [7, 11) is 1.81. The first-order chi connectivity index (χ1) is 10.7. The summed E-state index contributed by atoms with van der Waals surface area (Å²) in [6.45, 7) is 9.18. The summed E-state index contributed by atoms with van der Waals surface area (Å²) in [4.78, 5) is 0. The Bertz CT molecular complexity index is 639. The van der Waals surface area contributed by atoms with E-state index in [9.17, 15) is 0 Å². The van der Waals surface area contributed by atoms with Crippen LogP contribution in [-0.4, -0.2) is 26.8 Å². The fourth-order valence-corrected chi connectivity index (χ4v) is 4.14. The Morgan fingerprint density at radius 2 is 1.50 bits per heavy atom. The van der Waals surface area contributed by atoms with E-state index in [0.717, 1.165) is 13.1 Å². The van der Waals surface area contributed by atoms with Gasteiger partial charge in [0.25, 0.3) is 0 Å². The Morgan fingerprint density at radius 1 is 0.955 bits per heavy atom. The maximum atomic E-state index is 5.71. The van der Waals surface area contributed by atoms with Crippen LogP contribution in [0.25, 0.3) is 11.1 Å². The first kappa shape index (κ1) is 15.3. The molecule has 0 unspecified atom stereocenters. The Hall–Kier alpha value is -1.64. The highest BCUT2D eigenvalue weighted by Gasteiger charge is 2.44. The second kappa shape index (κ2) is 5.86. The van der Waals surface area contributed by atoms with Gasteiger partial charge < -0.3 is 10.1 Å². The molecule has 0 saturated carbocycles. The highest BCUT2D eigenvalue weighted by atomic mass is 16.5. The van der Waals surface area contributed by atoms with Crippen LogP contribution in [0.5, 0.6) is 0 Å². The lowest BCUT2D eigenvalue weighted by Gasteiger charge is -2.33. The third-order valence-electron chi connectivity index (χ3n) is 4.86. The molecule has 2 heteroatoms. The van der Waals surface area contributed by atoms with Gasteiger partial charge in [0.15, 0.2) is 0 Å². The molecule has 2 aromatic rings. The maximum absolute atomic E-state index is 5.71. The maximum Gasteiger partial charge on any atom is 0.0612 e. The predicted molar refractivity (Wildman–Crippen MR) is 92.6 cm³/mol. The van der Waals surface area contributed by atoms with Crippen LogP contribution in [0.1, 0.15) is 29.2 Å². The van der Waals surface area contributed by atoms with Gasteiger partial charge in [0.05, 0.1) is 12.0 Å². The zero-order valence-corrected chi connectivity index (χ0v) is 14.0. The molecule has 0 amide bonds. The number of benzene rings is 2. The van der Waals surface area contributed by atoms with E-state index >= 15 is 0 Å². The smallest absolute Gasteiger partial charge is 0.0612 e. The van der Waals surface area contributed by atoms with Crippen LogP contribution in [0.15, 0.2) is 36.4 Å². The fraction of sp³-hybridized carbons (Fsp3) is 0.400. The van der Waals surface area contributed by atoms with Crippen molar-refractivity contribution in [3.05, 3.63) is 58.7 Å². The van der Waals surface area contributed by atoms with Gasteiger partial charge in [0.1, 0.15) is 0 Å². The van der Waals surface area contributed by atoms with E-state index in [2.05, 4.69) is 62.5 Å². The third-order valence-corrected chi connectivity index (χ3v) is 4.86. The van der Waals surface area contributed by atoms with Gasteiger partial charge in [-0.2, -0.15) is 0 Å². The number of methoxy groups -OCH3 is 1. The van der Waals surface area contributed by atoms with Crippen LogP contribution in [0.4, 0.5) is 0 Å². The van der Waals surface area contributed by atoms with E-state index in [4.69, 9.17) is 4.74 Å². The standard InChI is InChI=1S/C20H25NO/c1-5-21-12-20(13-22-4)18-14(2)8-6-10-16(18)17-11-7-9-15(3)19(17)20/h6-11,21H,5,12-13H2,1-4H3. The van der Waals surface area contributed by atoms with Crippen molar-refractivity contribution in [2.45, 2.75) is 26.2 Å². The molecule has 0 saturated heterocycles. The van der Waals surface area contributed by atoms with Gasteiger partial charge >= 0.3 is 0 Å². The number of likely N-dealkylation sites (N-methyl/N-ethyl adjacent to an activating group) is 1. The van der Waals surface area contributed by atoms with Gasteiger partial charge in [-0.3, -0.25) is 0 Å². The molecule has 116 valence electrons. The number of hydrogen-bond donors (Lipinski definition) is 1. The molecule has 0 fully saturated rings. The topological polar surface area (TPSA) is 21.3 Å². The number of ether oxygens (including phenoxy) is 1. The lowest BCUT2D eigenvalue weighted by atomic mass is 9.75. The van der Waals surface area contributed by atoms with Gasteiger partial charge in [-0.1, -0.05) is 43.3 Å². The quantitative estimate of drug-likeness (QED) is 0.905. The van der Waals surface area contributed by atoms with Crippen molar-refractivity contribution >= 4 is 0 Å². The third kappa shape index (κ3) is 2.10. The van der Waals surface area contributed by atoms with Gasteiger partial charge in [-0.25, -0.2) is 0 Å². The zero-order valence-electron chi connectivity index (χ0n) is 14.0. The monoisotopic (exact) mass is 295 g/mol. The largest absolute Gasteiger partial charge is 0.383 e. The molecule has 0 radical (unpaired) electrons. The number of nitrogens with one attached hydrogen (secondary N) is 1. The molecule has 0 spiro atoms. The molecule has 0 bridgehead atoms. The summed E-state index contributed by atoms with van der Waals surface area (Å²) in [5, 5.41) is 3.57. The van der Waals surface area contributed by atoms with E-state index in [-0.39, 0.29) is 5.41 Å². The normalized spacial score (nSPS) is 14.7. The van der Waals surface area contributed by atoms with Gasteiger partial charge in [-0.15, -0.1) is 0 Å². The fourth-order valence-electron chi connectivity index (χ4n) is 4.14. The first-order valence-corrected chi connectivity index (χ1v) is 8.06. The van der Waals surface area contributed by atoms with Crippen molar-refractivity contribution in [1.82, 2.24) is 5.32 Å². The van der Waals surface area contributed by atoms with E-state index < -0.39 is 0 Å². The summed E-state index contributed by atoms with van der Waals surface area (Å²) in [5.74, 6) is 0. The Balaban J connectivity index is 2.33. The van der Waals surface area contributed by atoms with E-state index in [1.54, 1.807) is 0 Å². The van der Waals surface area contributed by atoms with Crippen LogP contribution in [0.2, 0.25) is 0 Å². The molecule has 1 N–H and O–H groups in total. The summed E-state index contributed by atoms with van der Waals surface area (Å²) < 4.78 is 5.71. The van der Waals surface area contributed by atoms with E-state index in [1.807, 2.05) is 7.11 Å². The molecule has 1 aliphatic carbocycles. The van der Waals surface area contributed by atoms with Gasteiger partial charge in [0.2, 0.25) is 0 Å². The molecular formula is C20H25NO. The summed E-state index contributed by atoms with van der Waals surface area (Å²) in [5.41, 5.74) is 8.21. The van der Waals surface area contributed by atoms with Crippen LogP contribution in [-0.2, 0) is 10.2 Å². The lowest BCUT2D eigenvalue weighted by molar-refractivity contribution is 0.148. The Labute approximate surface area is 133 Å². The number of fused-ring (bicyclic) bond motifs is 3. The SMILES string of the molecule is CCNCC1(COC)c2c(C)cccc2-c2cccc(C)c21. The average molecular weight is 295 g/mol. The minimum absolute atomic E-state index is 0.0912. The molecule has 0 aliphatic heterocycles. The summed E-state index contributed by atoms with van der Waals surface area (Å²) >= 11 is 0. The van der Waals surface area contributed by atoms with Crippen molar-refractivity contribution in [2.24, 2.45) is 0 Å². The second-order valence-corrected chi connectivity index (χ2v) is 6.29. The number of rotatable bonds is 5.